The number of halogens is 1. The highest BCUT2D eigenvalue weighted by Gasteiger charge is 2.36. The molecule has 0 aliphatic carbocycles. The van der Waals surface area contributed by atoms with Gasteiger partial charge in [0.15, 0.2) is 11.6 Å². The van der Waals surface area contributed by atoms with Gasteiger partial charge in [-0.2, -0.15) is 0 Å². The molecule has 1 atom stereocenters. The third-order valence-electron chi connectivity index (χ3n) is 8.35. The molecular formula is C33H48FN5O5. The molecule has 2 aromatic rings. The number of rotatable bonds is 16. The van der Waals surface area contributed by atoms with E-state index < -0.39 is 23.4 Å². The van der Waals surface area contributed by atoms with Gasteiger partial charge in [-0.05, 0) is 95.7 Å². The summed E-state index contributed by atoms with van der Waals surface area (Å²) in [5, 5.41) is 13.0. The molecule has 0 bridgehead atoms. The number of carbonyl (C=O) groups excluding carboxylic acids is 1. The van der Waals surface area contributed by atoms with Gasteiger partial charge in [0.05, 0.1) is 24.7 Å². The molecule has 0 unspecified atom stereocenters. The third-order valence-corrected chi connectivity index (χ3v) is 8.35. The van der Waals surface area contributed by atoms with E-state index in [9.17, 15) is 14.7 Å². The summed E-state index contributed by atoms with van der Waals surface area (Å²) in [5.74, 6) is -0.648. The Labute approximate surface area is 260 Å². The van der Waals surface area contributed by atoms with Crippen molar-refractivity contribution in [3.63, 3.8) is 0 Å². The fourth-order valence-corrected chi connectivity index (χ4v) is 5.78. The Balaban J connectivity index is 1.35. The molecule has 4 rings (SSSR count). The van der Waals surface area contributed by atoms with Gasteiger partial charge in [-0.3, -0.25) is 4.79 Å². The lowest BCUT2D eigenvalue weighted by Crippen LogP contribution is -2.36. The molecule has 44 heavy (non-hydrogen) atoms. The molecule has 2 aliphatic rings. The van der Waals surface area contributed by atoms with Crippen LogP contribution in [-0.2, 0) is 22.4 Å². The number of amides is 2. The number of pyridine rings is 1. The lowest BCUT2D eigenvalue weighted by Gasteiger charge is -2.31. The molecule has 1 aromatic carbocycles. The van der Waals surface area contributed by atoms with E-state index >= 15 is 4.39 Å². The number of carboxylic acid groups (broad SMARTS) is 1. The number of carbonyl (C=O) groups is 2. The van der Waals surface area contributed by atoms with E-state index in [0.717, 1.165) is 50.2 Å². The van der Waals surface area contributed by atoms with Gasteiger partial charge < -0.3 is 35.4 Å². The Hall–Kier alpha value is -3.44. The number of benzene rings is 1. The van der Waals surface area contributed by atoms with E-state index in [2.05, 4.69) is 11.4 Å². The number of hydrogen-bond donors (Lipinski definition) is 3. The number of ether oxygens (including phenoxy) is 2. The molecule has 2 amide bonds. The zero-order valence-electron chi connectivity index (χ0n) is 26.5. The molecule has 0 radical (unpaired) electrons. The summed E-state index contributed by atoms with van der Waals surface area (Å²) >= 11 is 0. The van der Waals surface area contributed by atoms with Crippen molar-refractivity contribution < 1.29 is 28.6 Å². The predicted molar refractivity (Wildman–Crippen MR) is 167 cm³/mol. The first-order valence-corrected chi connectivity index (χ1v) is 15.7. The first kappa shape index (κ1) is 33.5. The van der Waals surface area contributed by atoms with Crippen molar-refractivity contribution in [1.82, 2.24) is 14.8 Å². The number of aryl methyl sites for hydroxylation is 2. The second kappa shape index (κ2) is 14.6. The van der Waals surface area contributed by atoms with Crippen LogP contribution in [-0.4, -0.2) is 82.4 Å². The largest absolute Gasteiger partial charge is 0.485 e. The molecule has 0 saturated carbocycles. The van der Waals surface area contributed by atoms with Crippen LogP contribution in [0.5, 0.6) is 5.75 Å². The van der Waals surface area contributed by atoms with E-state index in [1.165, 1.54) is 22.6 Å². The highest BCUT2D eigenvalue weighted by Crippen LogP contribution is 2.33. The number of hydrogen-bond acceptors (Lipinski definition) is 7. The number of urea groups is 1. The predicted octanol–water partition coefficient (Wildman–Crippen LogP) is 5.16. The number of fused-ring (bicyclic) bond motifs is 1. The van der Waals surface area contributed by atoms with Gasteiger partial charge in [0, 0.05) is 38.3 Å². The quantitative estimate of drug-likeness (QED) is 0.237. The van der Waals surface area contributed by atoms with Gasteiger partial charge in [0.1, 0.15) is 11.4 Å². The monoisotopic (exact) mass is 613 g/mol. The van der Waals surface area contributed by atoms with Crippen LogP contribution in [0.15, 0.2) is 30.3 Å². The summed E-state index contributed by atoms with van der Waals surface area (Å²) in [5.41, 5.74) is 7.23. The summed E-state index contributed by atoms with van der Waals surface area (Å²) in [6, 6.07) is 7.58. The van der Waals surface area contributed by atoms with Crippen molar-refractivity contribution in [3.05, 3.63) is 53.0 Å². The van der Waals surface area contributed by atoms with Gasteiger partial charge in [-0.15, -0.1) is 0 Å². The van der Waals surface area contributed by atoms with Crippen LogP contribution in [0.2, 0.25) is 0 Å². The molecule has 3 heterocycles. The molecular weight excluding hydrogens is 565 g/mol. The Morgan fingerprint density at radius 2 is 1.95 bits per heavy atom. The van der Waals surface area contributed by atoms with Crippen LogP contribution in [0.3, 0.4) is 0 Å². The number of aromatic nitrogens is 1. The maximum atomic E-state index is 15.3. The average molecular weight is 614 g/mol. The minimum atomic E-state index is -1.06. The van der Waals surface area contributed by atoms with Crippen LogP contribution in [0.1, 0.15) is 82.7 Å². The maximum absolute atomic E-state index is 15.3. The molecule has 1 aromatic heterocycles. The second-order valence-electron chi connectivity index (χ2n) is 13.0. The van der Waals surface area contributed by atoms with Crippen molar-refractivity contribution in [3.8, 4) is 5.75 Å². The number of nitrogens with two attached hydrogens (primary N) is 1. The molecule has 4 N–H and O–H groups in total. The standard InChI is InChI=1S/C33H48FN5O5/c1-32(2,13-15-35)43-20-14-33(3,4)44-28-12-10-24(21-26(28)34)27(22-29(40)41)39-19-18-38(31(39)42)17-6-8-25-11-9-23-7-5-16-36-30(23)37-25/h9-12,21,27H,5-8,13-20,22,35H2,1-4H3,(H,36,37)(H,40,41)/t27-/m0/s1. The number of carboxylic acids is 1. The van der Waals surface area contributed by atoms with Crippen molar-refractivity contribution in [2.45, 2.75) is 89.9 Å². The van der Waals surface area contributed by atoms with E-state index in [4.69, 9.17) is 20.2 Å². The highest BCUT2D eigenvalue weighted by molar-refractivity contribution is 5.78. The van der Waals surface area contributed by atoms with Crippen LogP contribution in [0, 0.1) is 5.82 Å². The Bertz CT molecular complexity index is 1300. The lowest BCUT2D eigenvalue weighted by atomic mass is 10.0. The highest BCUT2D eigenvalue weighted by atomic mass is 19.1. The fourth-order valence-electron chi connectivity index (χ4n) is 5.78. The van der Waals surface area contributed by atoms with Crippen LogP contribution >= 0.6 is 0 Å². The van der Waals surface area contributed by atoms with Crippen molar-refractivity contribution in [2.75, 3.05) is 44.6 Å². The zero-order chi connectivity index (χ0) is 31.9. The molecule has 0 spiro atoms. The Morgan fingerprint density at radius 3 is 2.68 bits per heavy atom. The maximum Gasteiger partial charge on any atom is 0.320 e. The minimum Gasteiger partial charge on any atom is -0.485 e. The topological polar surface area (TPSA) is 130 Å². The average Bonchev–Trinajstić information content (AvgIpc) is 3.32. The van der Waals surface area contributed by atoms with E-state index in [-0.39, 0.29) is 23.8 Å². The smallest absolute Gasteiger partial charge is 0.320 e. The Kier molecular flexibility index (Phi) is 11.1. The molecule has 242 valence electrons. The summed E-state index contributed by atoms with van der Waals surface area (Å²) in [6.45, 7) is 11.0. The number of aliphatic carboxylic acids is 1. The lowest BCUT2D eigenvalue weighted by molar-refractivity contribution is -0.138. The molecule has 1 fully saturated rings. The van der Waals surface area contributed by atoms with E-state index in [0.29, 0.717) is 44.8 Å². The van der Waals surface area contributed by atoms with Crippen LogP contribution in [0.4, 0.5) is 15.0 Å². The number of nitrogens with zero attached hydrogens (tertiary/aromatic N) is 3. The summed E-state index contributed by atoms with van der Waals surface area (Å²) in [4.78, 5) is 33.2. The van der Waals surface area contributed by atoms with Crippen LogP contribution < -0.4 is 15.8 Å². The van der Waals surface area contributed by atoms with Crippen molar-refractivity contribution >= 4 is 17.8 Å². The summed E-state index contributed by atoms with van der Waals surface area (Å²) in [7, 11) is 0. The number of nitrogens with one attached hydrogen (secondary N) is 1. The minimum absolute atomic E-state index is 0.0643. The van der Waals surface area contributed by atoms with Gasteiger partial charge in [-0.1, -0.05) is 12.1 Å². The van der Waals surface area contributed by atoms with Crippen LogP contribution in [0.25, 0.3) is 0 Å². The Morgan fingerprint density at radius 1 is 1.16 bits per heavy atom. The van der Waals surface area contributed by atoms with Gasteiger partial charge in [-0.25, -0.2) is 14.2 Å². The first-order valence-electron chi connectivity index (χ1n) is 15.7. The van der Waals surface area contributed by atoms with E-state index in [1.54, 1.807) is 11.0 Å². The first-order chi connectivity index (χ1) is 20.9. The zero-order valence-corrected chi connectivity index (χ0v) is 26.5. The molecule has 10 nitrogen and oxygen atoms in total. The van der Waals surface area contributed by atoms with E-state index in [1.807, 2.05) is 33.8 Å². The van der Waals surface area contributed by atoms with Crippen molar-refractivity contribution in [2.24, 2.45) is 5.73 Å². The van der Waals surface area contributed by atoms with Gasteiger partial charge >= 0.3 is 12.0 Å². The summed E-state index contributed by atoms with van der Waals surface area (Å²) in [6.07, 6.45) is 4.54. The molecule has 1 saturated heterocycles. The fraction of sp³-hybridized carbons (Fsp3) is 0.606. The number of anilines is 1. The SMILES string of the molecule is CC(C)(CCN)OCCC(C)(C)Oc1ccc([C@H](CC(=O)O)N2CCN(CCCc3ccc4c(n3)NCCC4)C2=O)cc1F. The molecule has 2 aliphatic heterocycles. The second-order valence-corrected chi connectivity index (χ2v) is 13.0. The normalized spacial score (nSPS) is 16.1. The van der Waals surface area contributed by atoms with Gasteiger partial charge in [0.2, 0.25) is 0 Å². The third kappa shape index (κ3) is 9.04. The summed E-state index contributed by atoms with van der Waals surface area (Å²) < 4.78 is 27.3. The molecule has 11 heteroatoms. The van der Waals surface area contributed by atoms with Crippen molar-refractivity contribution in [1.29, 1.82) is 0 Å². The van der Waals surface area contributed by atoms with Gasteiger partial charge in [0.25, 0.3) is 0 Å².